The third-order valence-electron chi connectivity index (χ3n) is 2.90. The zero-order valence-corrected chi connectivity index (χ0v) is 9.15. The molecule has 0 aromatic carbocycles. The molecule has 1 aliphatic heterocycles. The maximum absolute atomic E-state index is 9.05. The molecule has 1 atom stereocenters. The number of ether oxygens (including phenoxy) is 1. The van der Waals surface area contributed by atoms with E-state index in [0.29, 0.717) is 6.10 Å². The van der Waals surface area contributed by atoms with E-state index in [2.05, 4.69) is 5.10 Å². The minimum atomic E-state index is 0.0506. The standard InChI is InChI=1S/C11H18N2O2/c1-13-10(8-14)6-9(12-13)7-11-4-2-3-5-15-11/h6,11,14H,2-5,7-8H2,1H3. The van der Waals surface area contributed by atoms with Gasteiger partial charge in [0.1, 0.15) is 0 Å². The quantitative estimate of drug-likeness (QED) is 0.810. The summed E-state index contributed by atoms with van der Waals surface area (Å²) < 4.78 is 7.39. The van der Waals surface area contributed by atoms with Gasteiger partial charge >= 0.3 is 0 Å². The van der Waals surface area contributed by atoms with Crippen molar-refractivity contribution in [2.45, 2.75) is 38.4 Å². The summed E-state index contributed by atoms with van der Waals surface area (Å²) in [5.41, 5.74) is 1.88. The second-order valence-corrected chi connectivity index (χ2v) is 4.10. The van der Waals surface area contributed by atoms with Crippen LogP contribution in [0.5, 0.6) is 0 Å². The van der Waals surface area contributed by atoms with Crippen molar-refractivity contribution in [1.29, 1.82) is 0 Å². The lowest BCUT2D eigenvalue weighted by molar-refractivity contribution is 0.0162. The van der Waals surface area contributed by atoms with Crippen molar-refractivity contribution in [2.75, 3.05) is 6.61 Å². The second kappa shape index (κ2) is 4.77. The van der Waals surface area contributed by atoms with Crippen LogP contribution in [-0.4, -0.2) is 27.6 Å². The van der Waals surface area contributed by atoms with Gasteiger partial charge < -0.3 is 9.84 Å². The monoisotopic (exact) mass is 210 g/mol. The summed E-state index contributed by atoms with van der Waals surface area (Å²) >= 11 is 0. The Bertz CT molecular complexity index is 316. The molecule has 0 aliphatic carbocycles. The third-order valence-corrected chi connectivity index (χ3v) is 2.90. The van der Waals surface area contributed by atoms with E-state index in [4.69, 9.17) is 9.84 Å². The molecule has 84 valence electrons. The van der Waals surface area contributed by atoms with Gasteiger partial charge in [0, 0.05) is 20.1 Å². The molecule has 0 bridgehead atoms. The molecule has 0 saturated carbocycles. The maximum Gasteiger partial charge on any atom is 0.0849 e. The SMILES string of the molecule is Cn1nc(CC2CCCCO2)cc1CO. The van der Waals surface area contributed by atoms with Gasteiger partial charge in [0.05, 0.1) is 24.1 Å². The molecule has 4 heteroatoms. The Morgan fingerprint density at radius 1 is 1.60 bits per heavy atom. The second-order valence-electron chi connectivity index (χ2n) is 4.10. The van der Waals surface area contributed by atoms with Crippen LogP contribution in [-0.2, 0) is 24.8 Å². The molecule has 1 aromatic heterocycles. The number of hydrogen-bond donors (Lipinski definition) is 1. The molecule has 2 rings (SSSR count). The molecule has 0 radical (unpaired) electrons. The average molecular weight is 210 g/mol. The van der Waals surface area contributed by atoms with E-state index in [1.54, 1.807) is 4.68 Å². The molecule has 1 N–H and O–H groups in total. The summed E-state index contributed by atoms with van der Waals surface area (Å²) in [6.07, 6.45) is 4.75. The van der Waals surface area contributed by atoms with Crippen molar-refractivity contribution in [3.8, 4) is 0 Å². The number of aromatic nitrogens is 2. The van der Waals surface area contributed by atoms with Crippen LogP contribution in [0.2, 0.25) is 0 Å². The van der Waals surface area contributed by atoms with Crippen LogP contribution in [0.25, 0.3) is 0 Å². The third kappa shape index (κ3) is 2.58. The summed E-state index contributed by atoms with van der Waals surface area (Å²) in [7, 11) is 1.86. The molecule has 1 unspecified atom stereocenters. The number of aryl methyl sites for hydroxylation is 1. The number of hydrogen-bond acceptors (Lipinski definition) is 3. The van der Waals surface area contributed by atoms with Gasteiger partial charge in [-0.3, -0.25) is 4.68 Å². The van der Waals surface area contributed by atoms with Crippen LogP contribution in [0.1, 0.15) is 30.7 Å². The van der Waals surface area contributed by atoms with Crippen molar-refractivity contribution >= 4 is 0 Å². The van der Waals surface area contributed by atoms with Gasteiger partial charge in [-0.2, -0.15) is 5.10 Å². The Kier molecular flexibility index (Phi) is 3.38. The molecule has 1 fully saturated rings. The van der Waals surface area contributed by atoms with Crippen LogP contribution in [0, 0.1) is 0 Å². The van der Waals surface area contributed by atoms with E-state index >= 15 is 0 Å². The summed E-state index contributed by atoms with van der Waals surface area (Å²) in [4.78, 5) is 0. The number of rotatable bonds is 3. The van der Waals surface area contributed by atoms with Crippen molar-refractivity contribution < 1.29 is 9.84 Å². The first-order valence-electron chi connectivity index (χ1n) is 5.54. The molecular weight excluding hydrogens is 192 g/mol. The minimum absolute atomic E-state index is 0.0506. The van der Waals surface area contributed by atoms with Crippen LogP contribution >= 0.6 is 0 Å². The van der Waals surface area contributed by atoms with Crippen molar-refractivity contribution in [1.82, 2.24) is 9.78 Å². The lowest BCUT2D eigenvalue weighted by Crippen LogP contribution is -2.21. The Labute approximate surface area is 89.9 Å². The first-order valence-corrected chi connectivity index (χ1v) is 5.54. The van der Waals surface area contributed by atoms with Crippen molar-refractivity contribution in [2.24, 2.45) is 7.05 Å². The topological polar surface area (TPSA) is 47.3 Å². The Morgan fingerprint density at radius 2 is 2.47 bits per heavy atom. The summed E-state index contributed by atoms with van der Waals surface area (Å²) in [5, 5.41) is 13.4. The summed E-state index contributed by atoms with van der Waals surface area (Å²) in [6, 6.07) is 1.96. The normalized spacial score (nSPS) is 21.9. The molecule has 4 nitrogen and oxygen atoms in total. The highest BCUT2D eigenvalue weighted by Gasteiger charge is 2.16. The van der Waals surface area contributed by atoms with E-state index in [1.165, 1.54) is 12.8 Å². The number of aliphatic hydroxyl groups is 1. The lowest BCUT2D eigenvalue weighted by Gasteiger charge is -2.21. The van der Waals surface area contributed by atoms with Crippen LogP contribution in [0.3, 0.4) is 0 Å². The average Bonchev–Trinajstić information content (AvgIpc) is 2.60. The van der Waals surface area contributed by atoms with Crippen molar-refractivity contribution in [3.05, 3.63) is 17.5 Å². The van der Waals surface area contributed by atoms with Gasteiger partial charge in [0.2, 0.25) is 0 Å². The molecular formula is C11H18N2O2. The highest BCUT2D eigenvalue weighted by Crippen LogP contribution is 2.17. The van der Waals surface area contributed by atoms with Gasteiger partial charge in [-0.05, 0) is 25.3 Å². The van der Waals surface area contributed by atoms with E-state index in [-0.39, 0.29) is 6.61 Å². The fourth-order valence-electron chi connectivity index (χ4n) is 2.02. The smallest absolute Gasteiger partial charge is 0.0849 e. The first-order chi connectivity index (χ1) is 7.29. The Balaban J connectivity index is 1.97. The molecule has 2 heterocycles. The molecule has 1 aromatic rings. The fraction of sp³-hybridized carbons (Fsp3) is 0.727. The van der Waals surface area contributed by atoms with Gasteiger partial charge in [0.15, 0.2) is 0 Å². The van der Waals surface area contributed by atoms with E-state index < -0.39 is 0 Å². The zero-order chi connectivity index (χ0) is 10.7. The predicted molar refractivity (Wildman–Crippen MR) is 56.4 cm³/mol. The molecule has 1 saturated heterocycles. The Hall–Kier alpha value is -0.870. The van der Waals surface area contributed by atoms with Gasteiger partial charge in [-0.15, -0.1) is 0 Å². The van der Waals surface area contributed by atoms with Gasteiger partial charge in [-0.1, -0.05) is 0 Å². The number of aliphatic hydroxyl groups excluding tert-OH is 1. The lowest BCUT2D eigenvalue weighted by atomic mass is 10.0. The Morgan fingerprint density at radius 3 is 3.07 bits per heavy atom. The number of nitrogens with zero attached hydrogens (tertiary/aromatic N) is 2. The predicted octanol–water partition coefficient (Wildman–Crippen LogP) is 1.02. The molecule has 15 heavy (non-hydrogen) atoms. The fourth-order valence-corrected chi connectivity index (χ4v) is 2.02. The van der Waals surface area contributed by atoms with Crippen LogP contribution < -0.4 is 0 Å². The zero-order valence-electron chi connectivity index (χ0n) is 9.15. The molecule has 1 aliphatic rings. The summed E-state index contributed by atoms with van der Waals surface area (Å²) in [6.45, 7) is 0.930. The van der Waals surface area contributed by atoms with Gasteiger partial charge in [-0.25, -0.2) is 0 Å². The largest absolute Gasteiger partial charge is 0.390 e. The van der Waals surface area contributed by atoms with Crippen LogP contribution in [0.15, 0.2) is 6.07 Å². The van der Waals surface area contributed by atoms with E-state index in [9.17, 15) is 0 Å². The highest BCUT2D eigenvalue weighted by molar-refractivity contribution is 5.10. The summed E-state index contributed by atoms with van der Waals surface area (Å²) in [5.74, 6) is 0. The van der Waals surface area contributed by atoms with Gasteiger partial charge in [0.25, 0.3) is 0 Å². The van der Waals surface area contributed by atoms with Crippen molar-refractivity contribution in [3.63, 3.8) is 0 Å². The first kappa shape index (κ1) is 10.6. The molecule has 0 spiro atoms. The highest BCUT2D eigenvalue weighted by atomic mass is 16.5. The minimum Gasteiger partial charge on any atom is -0.390 e. The van der Waals surface area contributed by atoms with E-state index in [0.717, 1.165) is 30.8 Å². The van der Waals surface area contributed by atoms with E-state index in [1.807, 2.05) is 13.1 Å². The van der Waals surface area contributed by atoms with Crippen LogP contribution in [0.4, 0.5) is 0 Å². The molecule has 0 amide bonds. The maximum atomic E-state index is 9.05.